The van der Waals surface area contributed by atoms with Crippen molar-refractivity contribution in [3.8, 4) is 5.69 Å². The van der Waals surface area contributed by atoms with E-state index in [2.05, 4.69) is 36.3 Å². The highest BCUT2D eigenvalue weighted by atomic mass is 19.1. The summed E-state index contributed by atoms with van der Waals surface area (Å²) in [6.07, 6.45) is 1.07. The zero-order chi connectivity index (χ0) is 27.0. The lowest BCUT2D eigenvalue weighted by Crippen LogP contribution is -2.33. The molecule has 0 unspecified atom stereocenters. The number of nitrogens with one attached hydrogen (secondary N) is 3. The van der Waals surface area contributed by atoms with Crippen LogP contribution in [0.25, 0.3) is 5.69 Å². The van der Waals surface area contributed by atoms with Gasteiger partial charge in [-0.25, -0.2) is 19.2 Å². The smallest absolute Gasteiger partial charge is 0.347 e. The molecule has 2 aromatic heterocycles. The average Bonchev–Trinajstić information content (AvgIpc) is 3.41. The van der Waals surface area contributed by atoms with Gasteiger partial charge in [-0.2, -0.15) is 9.36 Å². The summed E-state index contributed by atoms with van der Waals surface area (Å²) in [5, 5.41) is 15.4. The maximum atomic E-state index is 13.5. The Labute approximate surface area is 213 Å². The molecule has 0 fully saturated rings. The van der Waals surface area contributed by atoms with Gasteiger partial charge in [0, 0.05) is 30.9 Å². The Morgan fingerprint density at radius 1 is 1.03 bits per heavy atom. The van der Waals surface area contributed by atoms with E-state index in [9.17, 15) is 23.6 Å². The van der Waals surface area contributed by atoms with E-state index in [1.165, 1.54) is 19.2 Å². The van der Waals surface area contributed by atoms with E-state index < -0.39 is 29.5 Å². The number of halogens is 1. The van der Waals surface area contributed by atoms with E-state index in [1.807, 2.05) is 0 Å². The highest BCUT2D eigenvalue weighted by Gasteiger charge is 2.33. The molecule has 14 heteroatoms. The number of carbonyl (C=O) groups is 3. The third-order valence-electron chi connectivity index (χ3n) is 5.92. The molecule has 2 aromatic carbocycles. The lowest BCUT2D eigenvalue weighted by atomic mass is 10.1. The fourth-order valence-corrected chi connectivity index (χ4v) is 3.90. The number of aromatic nitrogens is 6. The summed E-state index contributed by atoms with van der Waals surface area (Å²) in [7, 11) is 1.46. The SMILES string of the molecule is Cc1cc(CNC(=O)c2cc(C(=O)N[C@H]3C(=O)Nc4cc(-n5nnn(C)c5=O)ccc43)ncn2)ccc1F. The Kier molecular flexibility index (Phi) is 6.20. The summed E-state index contributed by atoms with van der Waals surface area (Å²) in [5.74, 6) is -2.08. The monoisotopic (exact) mass is 517 g/mol. The number of hydrogen-bond acceptors (Lipinski definition) is 8. The molecule has 1 aliphatic rings. The molecule has 13 nitrogen and oxygen atoms in total. The summed E-state index contributed by atoms with van der Waals surface area (Å²) in [6, 6.07) is 9.38. The van der Waals surface area contributed by atoms with Crippen LogP contribution in [-0.2, 0) is 18.4 Å². The molecule has 3 amide bonds. The van der Waals surface area contributed by atoms with Gasteiger partial charge in [-0.15, -0.1) is 0 Å². The molecule has 3 N–H and O–H groups in total. The average molecular weight is 517 g/mol. The largest absolute Gasteiger partial charge is 0.368 e. The molecule has 0 spiro atoms. The van der Waals surface area contributed by atoms with Crippen molar-refractivity contribution in [3.63, 3.8) is 0 Å². The van der Waals surface area contributed by atoms with Gasteiger partial charge in [-0.3, -0.25) is 14.4 Å². The maximum Gasteiger partial charge on any atom is 0.368 e. The minimum Gasteiger partial charge on any atom is -0.347 e. The Balaban J connectivity index is 1.29. The van der Waals surface area contributed by atoms with Crippen molar-refractivity contribution in [1.29, 1.82) is 0 Å². The van der Waals surface area contributed by atoms with Gasteiger partial charge >= 0.3 is 5.69 Å². The van der Waals surface area contributed by atoms with Crippen LogP contribution in [0.5, 0.6) is 0 Å². The predicted octanol–water partition coefficient (Wildman–Crippen LogP) is 0.557. The second-order valence-electron chi connectivity index (χ2n) is 8.52. The number of fused-ring (bicyclic) bond motifs is 1. The highest BCUT2D eigenvalue weighted by molar-refractivity contribution is 6.06. The quantitative estimate of drug-likeness (QED) is 0.334. The van der Waals surface area contributed by atoms with Crippen molar-refractivity contribution in [2.24, 2.45) is 7.05 Å². The first-order chi connectivity index (χ1) is 18.2. The number of aryl methyl sites for hydroxylation is 2. The van der Waals surface area contributed by atoms with Gasteiger partial charge in [0.25, 0.3) is 17.7 Å². The van der Waals surface area contributed by atoms with Crippen LogP contribution in [0, 0.1) is 12.7 Å². The van der Waals surface area contributed by atoms with Gasteiger partial charge in [-0.1, -0.05) is 18.2 Å². The van der Waals surface area contributed by atoms with Crippen LogP contribution >= 0.6 is 0 Å². The summed E-state index contributed by atoms with van der Waals surface area (Å²) >= 11 is 0. The van der Waals surface area contributed by atoms with Gasteiger partial charge < -0.3 is 16.0 Å². The van der Waals surface area contributed by atoms with Crippen molar-refractivity contribution >= 4 is 23.4 Å². The lowest BCUT2D eigenvalue weighted by Gasteiger charge is -2.12. The molecule has 0 saturated heterocycles. The fraction of sp³-hybridized carbons (Fsp3) is 0.167. The van der Waals surface area contributed by atoms with Gasteiger partial charge in [0.1, 0.15) is 29.6 Å². The predicted molar refractivity (Wildman–Crippen MR) is 130 cm³/mol. The first-order valence-corrected chi connectivity index (χ1v) is 11.3. The summed E-state index contributed by atoms with van der Waals surface area (Å²) in [6.45, 7) is 1.75. The number of tetrazole rings is 1. The summed E-state index contributed by atoms with van der Waals surface area (Å²) < 4.78 is 15.6. The zero-order valence-corrected chi connectivity index (χ0v) is 20.1. The fourth-order valence-electron chi connectivity index (χ4n) is 3.90. The topological polar surface area (TPSA) is 166 Å². The number of nitrogens with zero attached hydrogens (tertiary/aromatic N) is 6. The molecular formula is C24H20FN9O4. The molecular weight excluding hydrogens is 497 g/mol. The van der Waals surface area contributed by atoms with E-state index in [0.717, 1.165) is 15.7 Å². The number of carbonyl (C=O) groups excluding carboxylic acids is 3. The number of anilines is 1. The van der Waals surface area contributed by atoms with Crippen molar-refractivity contribution in [3.05, 3.63) is 93.2 Å². The summed E-state index contributed by atoms with van der Waals surface area (Å²) in [4.78, 5) is 58.0. The van der Waals surface area contributed by atoms with Crippen molar-refractivity contribution in [2.45, 2.75) is 19.5 Å². The van der Waals surface area contributed by atoms with Gasteiger partial charge in [0.15, 0.2) is 0 Å². The van der Waals surface area contributed by atoms with E-state index in [1.54, 1.807) is 37.3 Å². The van der Waals surface area contributed by atoms with E-state index in [-0.39, 0.29) is 23.7 Å². The lowest BCUT2D eigenvalue weighted by molar-refractivity contribution is -0.117. The Morgan fingerprint density at radius 2 is 1.79 bits per heavy atom. The number of benzene rings is 2. The van der Waals surface area contributed by atoms with Gasteiger partial charge in [-0.05, 0) is 46.7 Å². The number of hydrogen-bond donors (Lipinski definition) is 3. The zero-order valence-electron chi connectivity index (χ0n) is 20.1. The first kappa shape index (κ1) is 24.4. The van der Waals surface area contributed by atoms with Crippen molar-refractivity contribution < 1.29 is 18.8 Å². The molecule has 3 heterocycles. The standard InChI is InChI=1S/C24H20FN9O4/c1-12-7-13(3-6-16(12)25)10-26-21(35)18-9-19(28-11-27-18)22(36)30-20-15-5-4-14(8-17(15)29-23(20)37)34-24(38)33(2)31-32-34/h3-9,11,20H,10H2,1-2H3,(H,26,35)(H,29,37)(H,30,36)/t20-/m1/s1. The molecule has 5 rings (SSSR count). The Hall–Kier alpha value is -5.27. The Morgan fingerprint density at radius 3 is 2.50 bits per heavy atom. The molecule has 0 bridgehead atoms. The number of amides is 3. The van der Waals surface area contributed by atoms with E-state index in [0.29, 0.717) is 28.1 Å². The van der Waals surface area contributed by atoms with Crippen LogP contribution in [0.4, 0.5) is 10.1 Å². The van der Waals surface area contributed by atoms with Crippen LogP contribution in [0.15, 0.2) is 53.6 Å². The second-order valence-corrected chi connectivity index (χ2v) is 8.52. The van der Waals surface area contributed by atoms with Crippen LogP contribution in [-0.4, -0.2) is 47.5 Å². The molecule has 192 valence electrons. The molecule has 1 aliphatic heterocycles. The van der Waals surface area contributed by atoms with E-state index >= 15 is 0 Å². The summed E-state index contributed by atoms with van der Waals surface area (Å²) in [5.41, 5.74) is 1.77. The highest BCUT2D eigenvalue weighted by Crippen LogP contribution is 2.32. The molecule has 4 aromatic rings. The van der Waals surface area contributed by atoms with Crippen LogP contribution < -0.4 is 21.6 Å². The minimum atomic E-state index is -1.03. The third-order valence-corrected chi connectivity index (χ3v) is 5.92. The van der Waals surface area contributed by atoms with Crippen molar-refractivity contribution in [1.82, 2.24) is 40.4 Å². The van der Waals surface area contributed by atoms with Gasteiger partial charge in [0.2, 0.25) is 0 Å². The Bertz CT molecular complexity index is 1660. The second kappa shape index (κ2) is 9.65. The molecule has 0 radical (unpaired) electrons. The molecule has 0 saturated carbocycles. The van der Waals surface area contributed by atoms with Crippen LogP contribution in [0.2, 0.25) is 0 Å². The van der Waals surface area contributed by atoms with Crippen LogP contribution in [0.1, 0.15) is 43.7 Å². The van der Waals surface area contributed by atoms with E-state index in [4.69, 9.17) is 0 Å². The number of rotatable bonds is 6. The maximum absolute atomic E-state index is 13.5. The third kappa shape index (κ3) is 4.61. The molecule has 38 heavy (non-hydrogen) atoms. The van der Waals surface area contributed by atoms with Crippen LogP contribution in [0.3, 0.4) is 0 Å². The molecule has 1 atom stereocenters. The van der Waals surface area contributed by atoms with Gasteiger partial charge in [0.05, 0.1) is 5.69 Å². The van der Waals surface area contributed by atoms with Crippen molar-refractivity contribution in [2.75, 3.05) is 5.32 Å². The minimum absolute atomic E-state index is 0.0562. The molecule has 0 aliphatic carbocycles. The normalized spacial score (nSPS) is 14.1. The first-order valence-electron chi connectivity index (χ1n) is 11.3.